The van der Waals surface area contributed by atoms with Crippen LogP contribution in [-0.2, 0) is 0 Å². The Balaban J connectivity index is 2.73. The highest BCUT2D eigenvalue weighted by Gasteiger charge is 2.16. The van der Waals surface area contributed by atoms with Gasteiger partial charge < -0.3 is 15.3 Å². The van der Waals surface area contributed by atoms with Gasteiger partial charge in [0.2, 0.25) is 0 Å². The Bertz CT molecular complexity index is 417. The lowest BCUT2D eigenvalue weighted by Gasteiger charge is -2.26. The molecule has 20 heavy (non-hydrogen) atoms. The van der Waals surface area contributed by atoms with Gasteiger partial charge in [0, 0.05) is 28.1 Å². The molecular weight excluding hydrogens is 340 g/mol. The van der Waals surface area contributed by atoms with E-state index in [1.54, 1.807) is 0 Å². The normalized spacial score (nSPS) is 14.6. The van der Waals surface area contributed by atoms with Gasteiger partial charge in [-0.05, 0) is 44.6 Å². The topological polar surface area (TPSA) is 35.5 Å². The number of hydrogen-bond acceptors (Lipinski definition) is 3. The third-order valence-corrected chi connectivity index (χ3v) is 4.40. The zero-order valence-corrected chi connectivity index (χ0v) is 14.7. The molecule has 0 spiro atoms. The Labute approximate surface area is 135 Å². The van der Waals surface area contributed by atoms with Gasteiger partial charge in [-0.25, -0.2) is 0 Å². The molecule has 0 saturated heterocycles. The zero-order valence-electron chi connectivity index (χ0n) is 12.4. The van der Waals surface area contributed by atoms with E-state index in [1.165, 1.54) is 0 Å². The molecule has 1 rings (SSSR count). The lowest BCUT2D eigenvalue weighted by atomic mass is 10.0. The Morgan fingerprint density at radius 3 is 2.70 bits per heavy atom. The van der Waals surface area contributed by atoms with Gasteiger partial charge in [-0.1, -0.05) is 40.5 Å². The van der Waals surface area contributed by atoms with E-state index in [0.29, 0.717) is 0 Å². The number of halogens is 2. The molecule has 0 aliphatic rings. The van der Waals surface area contributed by atoms with Crippen LogP contribution in [0.1, 0.15) is 31.9 Å². The van der Waals surface area contributed by atoms with Crippen molar-refractivity contribution in [3.63, 3.8) is 0 Å². The maximum absolute atomic E-state index is 9.18. The molecule has 2 atom stereocenters. The molecular formula is C15H24BrClN2O. The van der Waals surface area contributed by atoms with Crippen LogP contribution in [0, 0.1) is 0 Å². The van der Waals surface area contributed by atoms with Gasteiger partial charge >= 0.3 is 0 Å². The molecule has 0 amide bonds. The third kappa shape index (κ3) is 5.34. The minimum absolute atomic E-state index is 0.178. The molecule has 114 valence electrons. The second-order valence-corrected chi connectivity index (χ2v) is 6.40. The van der Waals surface area contributed by atoms with Crippen molar-refractivity contribution in [2.75, 3.05) is 26.7 Å². The molecule has 3 nitrogen and oxygen atoms in total. The zero-order chi connectivity index (χ0) is 15.1. The first-order chi connectivity index (χ1) is 9.49. The summed E-state index contributed by atoms with van der Waals surface area (Å²) in [5.74, 6) is 0. The molecule has 5 heteroatoms. The SMILES string of the molecule is CCNC(CCN(C)C(C)CO)c1ccc(Br)cc1Cl. The van der Waals surface area contributed by atoms with Crippen molar-refractivity contribution in [1.29, 1.82) is 0 Å². The summed E-state index contributed by atoms with van der Waals surface area (Å²) in [7, 11) is 2.03. The number of aliphatic hydroxyl groups excluding tert-OH is 1. The van der Waals surface area contributed by atoms with E-state index in [2.05, 4.69) is 39.1 Å². The summed E-state index contributed by atoms with van der Waals surface area (Å²) in [6.45, 7) is 6.11. The smallest absolute Gasteiger partial charge is 0.0584 e. The van der Waals surface area contributed by atoms with Gasteiger partial charge in [0.1, 0.15) is 0 Å². The minimum Gasteiger partial charge on any atom is -0.395 e. The van der Waals surface area contributed by atoms with Crippen molar-refractivity contribution in [2.24, 2.45) is 0 Å². The molecule has 0 aliphatic carbocycles. The summed E-state index contributed by atoms with van der Waals surface area (Å²) in [5, 5.41) is 13.4. The lowest BCUT2D eigenvalue weighted by Crippen LogP contribution is -2.35. The van der Waals surface area contributed by atoms with Crippen LogP contribution in [0.4, 0.5) is 0 Å². The van der Waals surface area contributed by atoms with Crippen LogP contribution in [0.15, 0.2) is 22.7 Å². The quantitative estimate of drug-likeness (QED) is 0.742. The average Bonchev–Trinajstić information content (AvgIpc) is 2.42. The minimum atomic E-state index is 0.178. The van der Waals surface area contributed by atoms with Crippen LogP contribution in [0.5, 0.6) is 0 Å². The number of likely N-dealkylation sites (N-methyl/N-ethyl adjacent to an activating group) is 1. The Morgan fingerprint density at radius 2 is 2.15 bits per heavy atom. The number of nitrogens with zero attached hydrogens (tertiary/aromatic N) is 1. The Hall–Kier alpha value is -0.130. The largest absolute Gasteiger partial charge is 0.395 e. The van der Waals surface area contributed by atoms with Crippen molar-refractivity contribution in [3.05, 3.63) is 33.3 Å². The second-order valence-electron chi connectivity index (χ2n) is 5.08. The standard InChI is InChI=1S/C15H24BrClN2O/c1-4-18-15(7-8-19(3)11(2)10-20)13-6-5-12(16)9-14(13)17/h5-6,9,11,15,18,20H,4,7-8,10H2,1-3H3. The molecule has 0 bridgehead atoms. The Kier molecular flexibility index (Phi) is 8.07. The Morgan fingerprint density at radius 1 is 1.45 bits per heavy atom. The summed E-state index contributed by atoms with van der Waals surface area (Å²) < 4.78 is 0.993. The fourth-order valence-corrected chi connectivity index (χ4v) is 2.90. The highest BCUT2D eigenvalue weighted by molar-refractivity contribution is 9.10. The van der Waals surface area contributed by atoms with E-state index in [9.17, 15) is 5.11 Å². The summed E-state index contributed by atoms with van der Waals surface area (Å²) >= 11 is 9.78. The van der Waals surface area contributed by atoms with E-state index in [4.69, 9.17) is 11.6 Å². The second kappa shape index (κ2) is 9.00. The summed E-state index contributed by atoms with van der Waals surface area (Å²) in [6, 6.07) is 6.42. The van der Waals surface area contributed by atoms with Crippen LogP contribution in [0.3, 0.4) is 0 Å². The molecule has 2 N–H and O–H groups in total. The molecule has 0 aromatic heterocycles. The maximum Gasteiger partial charge on any atom is 0.0584 e. The van der Waals surface area contributed by atoms with Crippen LogP contribution < -0.4 is 5.32 Å². The molecule has 0 heterocycles. The van der Waals surface area contributed by atoms with Crippen LogP contribution in [0.2, 0.25) is 5.02 Å². The molecule has 1 aromatic carbocycles. The number of rotatable bonds is 8. The van der Waals surface area contributed by atoms with E-state index in [1.807, 2.05) is 26.1 Å². The van der Waals surface area contributed by atoms with Crippen LogP contribution >= 0.6 is 27.5 Å². The highest BCUT2D eigenvalue weighted by Crippen LogP contribution is 2.28. The summed E-state index contributed by atoms with van der Waals surface area (Å²) in [5.41, 5.74) is 1.13. The first kappa shape index (κ1) is 17.9. The monoisotopic (exact) mass is 362 g/mol. The fraction of sp³-hybridized carbons (Fsp3) is 0.600. The first-order valence-electron chi connectivity index (χ1n) is 6.99. The van der Waals surface area contributed by atoms with Crippen molar-refractivity contribution < 1.29 is 5.11 Å². The van der Waals surface area contributed by atoms with Crippen molar-refractivity contribution >= 4 is 27.5 Å². The van der Waals surface area contributed by atoms with Gasteiger partial charge in [0.05, 0.1) is 6.61 Å². The number of aliphatic hydroxyl groups is 1. The van der Waals surface area contributed by atoms with E-state index < -0.39 is 0 Å². The van der Waals surface area contributed by atoms with Crippen molar-refractivity contribution in [3.8, 4) is 0 Å². The van der Waals surface area contributed by atoms with Gasteiger partial charge in [-0.15, -0.1) is 0 Å². The van der Waals surface area contributed by atoms with Crippen LogP contribution in [0.25, 0.3) is 0 Å². The first-order valence-corrected chi connectivity index (χ1v) is 8.16. The molecule has 1 aromatic rings. The summed E-state index contributed by atoms with van der Waals surface area (Å²) in [6.07, 6.45) is 0.954. The van der Waals surface area contributed by atoms with Crippen LogP contribution in [-0.4, -0.2) is 42.8 Å². The number of nitrogens with one attached hydrogen (secondary N) is 1. The number of hydrogen-bond donors (Lipinski definition) is 2. The predicted molar refractivity (Wildman–Crippen MR) is 89.4 cm³/mol. The fourth-order valence-electron chi connectivity index (χ4n) is 2.09. The van der Waals surface area contributed by atoms with Crippen molar-refractivity contribution in [2.45, 2.75) is 32.4 Å². The van der Waals surface area contributed by atoms with Gasteiger partial charge in [-0.2, -0.15) is 0 Å². The van der Waals surface area contributed by atoms with Gasteiger partial charge in [0.25, 0.3) is 0 Å². The van der Waals surface area contributed by atoms with Gasteiger partial charge in [-0.3, -0.25) is 0 Å². The molecule has 0 radical (unpaired) electrons. The van der Waals surface area contributed by atoms with Crippen molar-refractivity contribution in [1.82, 2.24) is 10.2 Å². The lowest BCUT2D eigenvalue weighted by molar-refractivity contribution is 0.154. The number of benzene rings is 1. The average molecular weight is 364 g/mol. The van der Waals surface area contributed by atoms with E-state index in [0.717, 1.165) is 34.6 Å². The van der Waals surface area contributed by atoms with Gasteiger partial charge in [0.15, 0.2) is 0 Å². The highest BCUT2D eigenvalue weighted by atomic mass is 79.9. The third-order valence-electron chi connectivity index (χ3n) is 3.58. The molecule has 0 aliphatic heterocycles. The molecule has 0 fully saturated rings. The molecule has 0 saturated carbocycles. The maximum atomic E-state index is 9.18. The predicted octanol–water partition coefficient (Wildman–Crippen LogP) is 3.46. The summed E-state index contributed by atoms with van der Waals surface area (Å²) in [4.78, 5) is 2.16. The van der Waals surface area contributed by atoms with E-state index in [-0.39, 0.29) is 18.7 Å². The molecule has 2 unspecified atom stereocenters. The van der Waals surface area contributed by atoms with E-state index >= 15 is 0 Å².